The van der Waals surface area contributed by atoms with Crippen LogP contribution in [0.1, 0.15) is 5.56 Å². The third-order valence-electron chi connectivity index (χ3n) is 3.77. The Balaban J connectivity index is 1.45. The second-order valence-corrected chi connectivity index (χ2v) is 5.49. The first kappa shape index (κ1) is 15.9. The smallest absolute Gasteiger partial charge is 0.244 e. The van der Waals surface area contributed by atoms with E-state index in [-0.39, 0.29) is 12.7 Å². The SMILES string of the molecule is CN(CCNC(=O)/C=C/c1ccc2c(c1)OCO2)c1ccccc1. The monoisotopic (exact) mass is 324 g/mol. The van der Waals surface area contributed by atoms with E-state index in [1.165, 1.54) is 6.08 Å². The lowest BCUT2D eigenvalue weighted by molar-refractivity contribution is -0.116. The molecule has 1 amide bonds. The van der Waals surface area contributed by atoms with Gasteiger partial charge in [0.15, 0.2) is 11.5 Å². The molecule has 2 aromatic carbocycles. The number of carbonyl (C=O) groups excluding carboxylic acids is 1. The summed E-state index contributed by atoms with van der Waals surface area (Å²) in [7, 11) is 2.00. The van der Waals surface area contributed by atoms with Crippen molar-refractivity contribution in [2.24, 2.45) is 0 Å². The minimum Gasteiger partial charge on any atom is -0.454 e. The molecule has 0 spiro atoms. The van der Waals surface area contributed by atoms with Gasteiger partial charge in [0.1, 0.15) is 0 Å². The molecule has 5 heteroatoms. The summed E-state index contributed by atoms with van der Waals surface area (Å²) in [5.74, 6) is 1.33. The second kappa shape index (κ2) is 7.55. The summed E-state index contributed by atoms with van der Waals surface area (Å²) < 4.78 is 10.6. The van der Waals surface area contributed by atoms with E-state index in [9.17, 15) is 4.79 Å². The zero-order valence-corrected chi connectivity index (χ0v) is 13.6. The van der Waals surface area contributed by atoms with Crippen LogP contribution in [-0.4, -0.2) is 32.8 Å². The Morgan fingerprint density at radius 3 is 2.79 bits per heavy atom. The second-order valence-electron chi connectivity index (χ2n) is 5.49. The number of fused-ring (bicyclic) bond motifs is 1. The number of anilines is 1. The number of likely N-dealkylation sites (N-methyl/N-ethyl adjacent to an activating group) is 1. The molecule has 2 aromatic rings. The van der Waals surface area contributed by atoms with Gasteiger partial charge in [0.2, 0.25) is 12.7 Å². The van der Waals surface area contributed by atoms with Crippen LogP contribution in [0, 0.1) is 0 Å². The molecule has 124 valence electrons. The van der Waals surface area contributed by atoms with E-state index >= 15 is 0 Å². The van der Waals surface area contributed by atoms with Crippen LogP contribution in [0.5, 0.6) is 11.5 Å². The van der Waals surface area contributed by atoms with Crippen molar-refractivity contribution in [1.82, 2.24) is 5.32 Å². The Morgan fingerprint density at radius 2 is 1.96 bits per heavy atom. The van der Waals surface area contributed by atoms with Crippen molar-refractivity contribution in [2.75, 3.05) is 31.8 Å². The minimum atomic E-state index is -0.117. The first-order valence-corrected chi connectivity index (χ1v) is 7.84. The summed E-state index contributed by atoms with van der Waals surface area (Å²) in [5.41, 5.74) is 2.03. The summed E-state index contributed by atoms with van der Waals surface area (Å²) in [6.45, 7) is 1.57. The summed E-state index contributed by atoms with van der Waals surface area (Å²) >= 11 is 0. The summed E-state index contributed by atoms with van der Waals surface area (Å²) in [6, 6.07) is 15.7. The topological polar surface area (TPSA) is 50.8 Å². The third-order valence-corrected chi connectivity index (χ3v) is 3.77. The molecular formula is C19H20N2O3. The van der Waals surface area contributed by atoms with Crippen LogP contribution in [0.4, 0.5) is 5.69 Å². The highest BCUT2D eigenvalue weighted by atomic mass is 16.7. The highest BCUT2D eigenvalue weighted by Gasteiger charge is 2.12. The highest BCUT2D eigenvalue weighted by Crippen LogP contribution is 2.32. The van der Waals surface area contributed by atoms with Gasteiger partial charge in [-0.1, -0.05) is 24.3 Å². The molecule has 0 unspecified atom stereocenters. The van der Waals surface area contributed by atoms with Crippen LogP contribution in [0.15, 0.2) is 54.6 Å². The number of hydrogen-bond acceptors (Lipinski definition) is 4. The summed E-state index contributed by atoms with van der Waals surface area (Å²) in [4.78, 5) is 14.0. The van der Waals surface area contributed by atoms with Gasteiger partial charge in [-0.3, -0.25) is 4.79 Å². The predicted octanol–water partition coefficient (Wildman–Crippen LogP) is 2.68. The molecule has 0 radical (unpaired) electrons. The highest BCUT2D eigenvalue weighted by molar-refractivity contribution is 5.91. The molecule has 1 aliphatic heterocycles. The van der Waals surface area contributed by atoms with Crippen molar-refractivity contribution in [1.29, 1.82) is 0 Å². The number of nitrogens with one attached hydrogen (secondary N) is 1. The first-order valence-electron chi connectivity index (χ1n) is 7.84. The van der Waals surface area contributed by atoms with Crippen molar-refractivity contribution in [3.8, 4) is 11.5 Å². The fourth-order valence-electron chi connectivity index (χ4n) is 2.41. The Kier molecular flexibility index (Phi) is 5.01. The molecule has 5 nitrogen and oxygen atoms in total. The van der Waals surface area contributed by atoms with E-state index < -0.39 is 0 Å². The van der Waals surface area contributed by atoms with Gasteiger partial charge >= 0.3 is 0 Å². The van der Waals surface area contributed by atoms with E-state index in [4.69, 9.17) is 9.47 Å². The van der Waals surface area contributed by atoms with Crippen LogP contribution < -0.4 is 19.7 Å². The summed E-state index contributed by atoms with van der Waals surface area (Å²) in [5, 5.41) is 2.88. The number of rotatable bonds is 6. The van der Waals surface area contributed by atoms with Crippen molar-refractivity contribution in [3.63, 3.8) is 0 Å². The number of ether oxygens (including phenoxy) is 2. The van der Waals surface area contributed by atoms with Crippen LogP contribution >= 0.6 is 0 Å². The minimum absolute atomic E-state index is 0.117. The standard InChI is InChI=1S/C19H20N2O3/c1-21(16-5-3-2-4-6-16)12-11-20-19(22)10-8-15-7-9-17-18(13-15)24-14-23-17/h2-10,13H,11-12,14H2,1H3,(H,20,22)/b10-8+. The molecule has 3 rings (SSSR count). The number of amides is 1. The molecule has 0 aliphatic carbocycles. The third kappa shape index (κ3) is 4.07. The van der Waals surface area contributed by atoms with Crippen molar-refractivity contribution < 1.29 is 14.3 Å². The number of para-hydroxylation sites is 1. The molecule has 0 bridgehead atoms. The molecule has 0 atom stereocenters. The fraction of sp³-hybridized carbons (Fsp3) is 0.211. The quantitative estimate of drug-likeness (QED) is 0.830. The first-order chi connectivity index (χ1) is 11.7. The molecular weight excluding hydrogens is 304 g/mol. The van der Waals surface area contributed by atoms with Crippen LogP contribution in [0.25, 0.3) is 6.08 Å². The van der Waals surface area contributed by atoms with E-state index in [0.29, 0.717) is 12.3 Å². The molecule has 0 fully saturated rings. The van der Waals surface area contributed by atoms with Gasteiger partial charge in [0.25, 0.3) is 0 Å². The zero-order valence-electron chi connectivity index (χ0n) is 13.6. The van der Waals surface area contributed by atoms with Gasteiger partial charge < -0.3 is 19.7 Å². The molecule has 1 aliphatic rings. The van der Waals surface area contributed by atoms with Crippen molar-refractivity contribution in [2.45, 2.75) is 0 Å². The van der Waals surface area contributed by atoms with E-state index in [1.807, 2.05) is 55.6 Å². The Bertz CT molecular complexity index is 729. The van der Waals surface area contributed by atoms with Gasteiger partial charge in [0.05, 0.1) is 0 Å². The average molecular weight is 324 g/mol. The lowest BCUT2D eigenvalue weighted by Gasteiger charge is -2.19. The number of hydrogen-bond donors (Lipinski definition) is 1. The van der Waals surface area contributed by atoms with Gasteiger partial charge in [-0.25, -0.2) is 0 Å². The largest absolute Gasteiger partial charge is 0.454 e. The van der Waals surface area contributed by atoms with Crippen LogP contribution in [0.2, 0.25) is 0 Å². The number of nitrogens with zero attached hydrogens (tertiary/aromatic N) is 1. The molecule has 0 aromatic heterocycles. The maximum Gasteiger partial charge on any atom is 0.244 e. The Hall–Kier alpha value is -2.95. The molecule has 0 saturated carbocycles. The lowest BCUT2D eigenvalue weighted by atomic mass is 10.2. The number of carbonyl (C=O) groups is 1. The van der Waals surface area contributed by atoms with Crippen LogP contribution in [-0.2, 0) is 4.79 Å². The normalized spacial score (nSPS) is 12.4. The Morgan fingerprint density at radius 1 is 1.17 bits per heavy atom. The lowest BCUT2D eigenvalue weighted by Crippen LogP contribution is -2.31. The van der Waals surface area contributed by atoms with Crippen LogP contribution in [0.3, 0.4) is 0 Å². The summed E-state index contributed by atoms with van der Waals surface area (Å²) in [6.07, 6.45) is 3.29. The van der Waals surface area contributed by atoms with E-state index in [2.05, 4.69) is 10.2 Å². The van der Waals surface area contributed by atoms with Gasteiger partial charge in [0, 0.05) is 31.9 Å². The van der Waals surface area contributed by atoms with E-state index in [0.717, 1.165) is 23.5 Å². The molecule has 0 saturated heterocycles. The average Bonchev–Trinajstić information content (AvgIpc) is 3.08. The van der Waals surface area contributed by atoms with Gasteiger partial charge in [-0.15, -0.1) is 0 Å². The zero-order chi connectivity index (χ0) is 16.8. The predicted molar refractivity (Wildman–Crippen MR) is 94.3 cm³/mol. The fourth-order valence-corrected chi connectivity index (χ4v) is 2.41. The Labute approximate surface area is 141 Å². The number of benzene rings is 2. The molecule has 24 heavy (non-hydrogen) atoms. The van der Waals surface area contributed by atoms with Crippen molar-refractivity contribution in [3.05, 3.63) is 60.2 Å². The van der Waals surface area contributed by atoms with Crippen molar-refractivity contribution >= 4 is 17.7 Å². The van der Waals surface area contributed by atoms with E-state index in [1.54, 1.807) is 6.08 Å². The van der Waals surface area contributed by atoms with Gasteiger partial charge in [-0.2, -0.15) is 0 Å². The molecule has 1 heterocycles. The maximum atomic E-state index is 11.9. The molecule has 1 N–H and O–H groups in total. The maximum absolute atomic E-state index is 11.9. The van der Waals surface area contributed by atoms with Gasteiger partial charge in [-0.05, 0) is 35.9 Å².